The van der Waals surface area contributed by atoms with E-state index < -0.39 is 16.1 Å². The molecule has 0 N–H and O–H groups in total. The van der Waals surface area contributed by atoms with Gasteiger partial charge in [0.15, 0.2) is 16.1 Å². The van der Waals surface area contributed by atoms with Crippen LogP contribution >= 0.6 is 0 Å². The van der Waals surface area contributed by atoms with E-state index >= 15 is 0 Å². The fraction of sp³-hybridized carbons (Fsp3) is 0. The quantitative estimate of drug-likeness (QED) is 0.0926. The molecular formula is C52H42Si2. The molecule has 8 aromatic carbocycles. The van der Waals surface area contributed by atoms with Gasteiger partial charge in [-0.05, 0) is 53.4 Å². The normalized spacial score (nSPS) is 11.9. The summed E-state index contributed by atoms with van der Waals surface area (Å²) in [6.45, 7) is 0. The molecule has 0 bridgehead atoms. The highest BCUT2D eigenvalue weighted by Crippen LogP contribution is 2.23. The van der Waals surface area contributed by atoms with Crippen LogP contribution in [0.25, 0.3) is 23.3 Å². The van der Waals surface area contributed by atoms with Gasteiger partial charge in [-0.25, -0.2) is 0 Å². The van der Waals surface area contributed by atoms with Gasteiger partial charge in [-0.3, -0.25) is 0 Å². The second-order valence-corrected chi connectivity index (χ2v) is 21.1. The first-order valence-electron chi connectivity index (χ1n) is 18.7. The molecule has 0 unspecified atom stereocenters. The zero-order chi connectivity index (χ0) is 36.5. The first-order chi connectivity index (χ1) is 26.8. The lowest BCUT2D eigenvalue weighted by atomic mass is 10.0. The Morgan fingerprint density at radius 2 is 0.426 bits per heavy atom. The van der Waals surface area contributed by atoms with E-state index in [4.69, 9.17) is 0 Å². The zero-order valence-corrected chi connectivity index (χ0v) is 32.2. The zero-order valence-electron chi connectivity index (χ0n) is 30.2. The topological polar surface area (TPSA) is 0 Å². The summed E-state index contributed by atoms with van der Waals surface area (Å²) in [6.07, 6.45) is 4.67. The van der Waals surface area contributed by atoms with Gasteiger partial charge in [0.05, 0.1) is 0 Å². The van der Waals surface area contributed by atoms with Crippen LogP contribution in [0.15, 0.2) is 242 Å². The predicted octanol–water partition coefficient (Wildman–Crippen LogP) is 8.80. The van der Waals surface area contributed by atoms with Gasteiger partial charge < -0.3 is 0 Å². The van der Waals surface area contributed by atoms with Crippen molar-refractivity contribution in [1.29, 1.82) is 0 Å². The van der Waals surface area contributed by atoms with Crippen LogP contribution in [0, 0.1) is 0 Å². The van der Waals surface area contributed by atoms with Crippen molar-refractivity contribution in [2.75, 3.05) is 0 Å². The molecule has 0 aliphatic heterocycles. The highest BCUT2D eigenvalue weighted by molar-refractivity contribution is 7.15. The summed E-state index contributed by atoms with van der Waals surface area (Å²) < 4.78 is 0. The average molecular weight is 723 g/mol. The highest BCUT2D eigenvalue weighted by Gasteiger charge is 2.37. The van der Waals surface area contributed by atoms with Crippen LogP contribution in [-0.4, -0.2) is 16.1 Å². The predicted molar refractivity (Wildman–Crippen MR) is 238 cm³/mol. The summed E-state index contributed by atoms with van der Waals surface area (Å²) in [5.74, 6) is 0. The largest absolute Gasteiger partial charge is 0.172 e. The average Bonchev–Trinajstić information content (AvgIpc) is 3.27. The number of benzene rings is 8. The molecule has 0 saturated carbocycles. The molecule has 8 aromatic rings. The van der Waals surface area contributed by atoms with Gasteiger partial charge in [0, 0.05) is 0 Å². The Kier molecular flexibility index (Phi) is 10.4. The molecule has 0 nitrogen and oxygen atoms in total. The van der Waals surface area contributed by atoms with Crippen LogP contribution in [0.2, 0.25) is 0 Å². The van der Waals surface area contributed by atoms with Gasteiger partial charge in [0.1, 0.15) is 0 Å². The Bertz CT molecular complexity index is 2050. The van der Waals surface area contributed by atoms with Gasteiger partial charge in [0.2, 0.25) is 0 Å². The molecule has 54 heavy (non-hydrogen) atoms. The molecule has 0 fully saturated rings. The summed E-state index contributed by atoms with van der Waals surface area (Å²) in [5.41, 5.74) is 9.83. The van der Waals surface area contributed by atoms with Crippen molar-refractivity contribution in [3.8, 4) is 11.1 Å². The molecule has 0 aliphatic carbocycles. The fourth-order valence-electron chi connectivity index (χ4n) is 7.80. The monoisotopic (exact) mass is 722 g/mol. The van der Waals surface area contributed by atoms with Gasteiger partial charge in [-0.15, -0.1) is 0 Å². The summed E-state index contributed by atoms with van der Waals surface area (Å²) in [4.78, 5) is 0. The van der Waals surface area contributed by atoms with Crippen molar-refractivity contribution < 1.29 is 0 Å². The van der Waals surface area contributed by atoms with Crippen LogP contribution in [-0.2, 0) is 0 Å². The Balaban J connectivity index is 1.10. The maximum atomic E-state index is 2.51. The maximum absolute atomic E-state index is 2.51. The van der Waals surface area contributed by atoms with Crippen molar-refractivity contribution in [3.05, 3.63) is 253 Å². The molecule has 0 amide bonds. The van der Waals surface area contributed by atoms with Crippen molar-refractivity contribution >= 4 is 59.4 Å². The SMILES string of the molecule is C(=C[Si](c1ccccc1)(c1ccccc1)c1ccccc1)c1ccc(-c2ccc(C=C[Si](c3ccccc3)(c3ccccc3)c3ccccc3)cc2)cc1. The summed E-state index contributed by atoms with van der Waals surface area (Å²) in [7, 11) is -4.92. The van der Waals surface area contributed by atoms with E-state index in [0.717, 1.165) is 0 Å². The van der Waals surface area contributed by atoms with Crippen LogP contribution in [0.5, 0.6) is 0 Å². The first kappa shape index (κ1) is 34.7. The van der Waals surface area contributed by atoms with E-state index in [1.807, 2.05) is 0 Å². The summed E-state index contributed by atoms with van der Waals surface area (Å²) in [6, 6.07) is 84.2. The molecule has 0 atom stereocenters. The number of rotatable bonds is 11. The van der Waals surface area contributed by atoms with Crippen LogP contribution in [0.1, 0.15) is 11.1 Å². The molecule has 0 aromatic heterocycles. The van der Waals surface area contributed by atoms with Gasteiger partial charge >= 0.3 is 0 Å². The smallest absolute Gasteiger partial charge is 0.0812 e. The molecule has 0 spiro atoms. The molecule has 8 rings (SSSR count). The lowest BCUT2D eigenvalue weighted by molar-refractivity contribution is 1.58. The minimum atomic E-state index is -2.46. The Hall–Kier alpha value is -6.33. The third kappa shape index (κ3) is 7.05. The Labute approximate surface area is 322 Å². The van der Waals surface area contributed by atoms with Crippen molar-refractivity contribution in [2.24, 2.45) is 0 Å². The van der Waals surface area contributed by atoms with E-state index in [1.165, 1.54) is 53.4 Å². The molecular weight excluding hydrogens is 681 g/mol. The van der Waals surface area contributed by atoms with Crippen LogP contribution in [0.3, 0.4) is 0 Å². The lowest BCUT2D eigenvalue weighted by Crippen LogP contribution is -2.66. The molecule has 2 heteroatoms. The Morgan fingerprint density at radius 3 is 0.630 bits per heavy atom. The maximum Gasteiger partial charge on any atom is 0.172 e. The lowest BCUT2D eigenvalue weighted by Gasteiger charge is -2.30. The van der Waals surface area contributed by atoms with Crippen molar-refractivity contribution in [3.63, 3.8) is 0 Å². The van der Waals surface area contributed by atoms with E-state index in [1.54, 1.807) is 0 Å². The van der Waals surface area contributed by atoms with E-state index in [0.29, 0.717) is 0 Å². The minimum Gasteiger partial charge on any atom is -0.0812 e. The van der Waals surface area contributed by atoms with Gasteiger partial charge in [0.25, 0.3) is 0 Å². The van der Waals surface area contributed by atoms with E-state index in [-0.39, 0.29) is 0 Å². The number of hydrogen-bond acceptors (Lipinski definition) is 0. The third-order valence-corrected chi connectivity index (χ3v) is 19.4. The summed E-state index contributed by atoms with van der Waals surface area (Å²) in [5, 5.41) is 8.25. The minimum absolute atomic E-state index is 1.20. The molecule has 0 saturated heterocycles. The molecule has 0 heterocycles. The highest BCUT2D eigenvalue weighted by atomic mass is 28.3. The Morgan fingerprint density at radius 1 is 0.222 bits per heavy atom. The van der Waals surface area contributed by atoms with E-state index in [2.05, 4.69) is 254 Å². The molecule has 0 aliphatic rings. The van der Waals surface area contributed by atoms with Crippen LogP contribution < -0.4 is 31.1 Å². The summed E-state index contributed by atoms with van der Waals surface area (Å²) >= 11 is 0. The van der Waals surface area contributed by atoms with E-state index in [9.17, 15) is 0 Å². The first-order valence-corrected chi connectivity index (χ1v) is 22.8. The third-order valence-electron chi connectivity index (χ3n) is 10.6. The standard InChI is InChI=1S/C52H42Si2/c1-7-19-47(20-8-1)53(48-21-9-2-10-22-48,49-23-11-3-12-24-49)41-39-43-31-35-45(36-32-43)46-37-33-44(34-38-46)40-42-54(50-25-13-4-14-26-50,51-27-15-5-16-28-51)52-29-17-6-18-30-52/h1-42H. The van der Waals surface area contributed by atoms with Crippen molar-refractivity contribution in [1.82, 2.24) is 0 Å². The molecule has 0 radical (unpaired) electrons. The second-order valence-electron chi connectivity index (χ2n) is 13.7. The van der Waals surface area contributed by atoms with Crippen molar-refractivity contribution in [2.45, 2.75) is 0 Å². The van der Waals surface area contributed by atoms with Gasteiger partial charge in [-0.2, -0.15) is 0 Å². The number of hydrogen-bond donors (Lipinski definition) is 0. The van der Waals surface area contributed by atoms with Crippen LogP contribution in [0.4, 0.5) is 0 Å². The second kappa shape index (κ2) is 16.1. The van der Waals surface area contributed by atoms with Gasteiger partial charge in [-0.1, -0.05) is 254 Å². The molecule has 258 valence electrons. The fourth-order valence-corrected chi connectivity index (χ4v) is 16.1.